The molecule has 0 bridgehead atoms. The number of benzene rings is 1. The van der Waals surface area contributed by atoms with Gasteiger partial charge in [-0.3, -0.25) is 0 Å². The van der Waals surface area contributed by atoms with Crippen molar-refractivity contribution in [2.45, 2.75) is 25.8 Å². The van der Waals surface area contributed by atoms with Gasteiger partial charge in [0.15, 0.2) is 0 Å². The fourth-order valence-corrected chi connectivity index (χ4v) is 4.86. The molecule has 3 heterocycles. The van der Waals surface area contributed by atoms with Gasteiger partial charge in [0.25, 0.3) is 0 Å². The maximum atomic E-state index is 5.96. The first-order valence-corrected chi connectivity index (χ1v) is 10.5. The number of imidazole rings is 1. The van der Waals surface area contributed by atoms with Gasteiger partial charge in [0, 0.05) is 21.7 Å². The van der Waals surface area contributed by atoms with Crippen molar-refractivity contribution < 1.29 is 0 Å². The van der Waals surface area contributed by atoms with Crippen LogP contribution < -0.4 is 5.32 Å². The van der Waals surface area contributed by atoms with Crippen LogP contribution in [-0.4, -0.2) is 19.6 Å². The second-order valence-corrected chi connectivity index (χ2v) is 8.84. The molecular formula is C18H16ClN5S2. The zero-order valence-electron chi connectivity index (χ0n) is 14.0. The van der Waals surface area contributed by atoms with Crippen LogP contribution >= 0.6 is 34.3 Å². The number of halogens is 1. The quantitative estimate of drug-likeness (QED) is 0.483. The van der Waals surface area contributed by atoms with Gasteiger partial charge in [0.1, 0.15) is 5.01 Å². The summed E-state index contributed by atoms with van der Waals surface area (Å²) in [5.41, 5.74) is 3.02. The van der Waals surface area contributed by atoms with E-state index >= 15 is 0 Å². The third kappa shape index (κ3) is 3.11. The van der Waals surface area contributed by atoms with E-state index in [1.165, 1.54) is 12.8 Å². The molecule has 5 rings (SSSR count). The van der Waals surface area contributed by atoms with Gasteiger partial charge in [0.05, 0.1) is 17.9 Å². The molecule has 5 nitrogen and oxygen atoms in total. The summed E-state index contributed by atoms with van der Waals surface area (Å²) < 4.78 is 1.84. The first-order chi connectivity index (χ1) is 12.7. The number of hydrogen-bond donors (Lipinski definition) is 1. The molecule has 1 unspecified atom stereocenters. The van der Waals surface area contributed by atoms with Gasteiger partial charge in [-0.15, -0.1) is 16.4 Å². The van der Waals surface area contributed by atoms with E-state index in [0.29, 0.717) is 5.92 Å². The normalized spacial score (nSPS) is 15.5. The molecule has 0 radical (unpaired) electrons. The van der Waals surface area contributed by atoms with Crippen molar-refractivity contribution in [3.63, 3.8) is 0 Å². The van der Waals surface area contributed by atoms with E-state index in [1.54, 1.807) is 22.7 Å². The first kappa shape index (κ1) is 16.2. The van der Waals surface area contributed by atoms with Crippen LogP contribution in [0.4, 0.5) is 5.13 Å². The van der Waals surface area contributed by atoms with Crippen LogP contribution in [0.25, 0.3) is 16.2 Å². The summed E-state index contributed by atoms with van der Waals surface area (Å²) in [6.45, 7) is 2.04. The Hall–Kier alpha value is -1.96. The van der Waals surface area contributed by atoms with Gasteiger partial charge in [-0.05, 0) is 37.8 Å². The van der Waals surface area contributed by atoms with E-state index in [4.69, 9.17) is 16.6 Å². The van der Waals surface area contributed by atoms with E-state index in [9.17, 15) is 0 Å². The molecule has 4 aromatic rings. The number of fused-ring (bicyclic) bond motifs is 1. The average Bonchev–Trinajstić information content (AvgIpc) is 3.07. The average molecular weight is 402 g/mol. The van der Waals surface area contributed by atoms with Crippen LogP contribution in [0.15, 0.2) is 35.8 Å². The topological polar surface area (TPSA) is 55.1 Å². The maximum Gasteiger partial charge on any atom is 0.214 e. The summed E-state index contributed by atoms with van der Waals surface area (Å²) in [4.78, 5) is 10.2. The van der Waals surface area contributed by atoms with E-state index in [0.717, 1.165) is 37.1 Å². The minimum Gasteiger partial charge on any atom is -0.351 e. The summed E-state index contributed by atoms with van der Waals surface area (Å²) >= 11 is 9.26. The third-order valence-electron chi connectivity index (χ3n) is 4.46. The van der Waals surface area contributed by atoms with Gasteiger partial charge >= 0.3 is 0 Å². The van der Waals surface area contributed by atoms with Gasteiger partial charge in [0.2, 0.25) is 10.1 Å². The lowest BCUT2D eigenvalue weighted by molar-refractivity contribution is 0.669. The second kappa shape index (κ2) is 6.33. The molecule has 1 N–H and O–H groups in total. The lowest BCUT2D eigenvalue weighted by Gasteiger charge is -2.14. The van der Waals surface area contributed by atoms with Crippen molar-refractivity contribution >= 4 is 44.4 Å². The highest BCUT2D eigenvalue weighted by Gasteiger charge is 2.34. The summed E-state index contributed by atoms with van der Waals surface area (Å²) in [6, 6.07) is 7.95. The third-order valence-corrected chi connectivity index (χ3v) is 6.61. The predicted octanol–water partition coefficient (Wildman–Crippen LogP) is 5.44. The molecule has 1 atom stereocenters. The molecule has 0 aliphatic heterocycles. The Labute approximate surface area is 163 Å². The van der Waals surface area contributed by atoms with Crippen molar-refractivity contribution in [3.8, 4) is 11.3 Å². The van der Waals surface area contributed by atoms with Gasteiger partial charge < -0.3 is 5.32 Å². The lowest BCUT2D eigenvalue weighted by atomic mass is 10.2. The number of nitrogens with zero attached hydrogens (tertiary/aromatic N) is 4. The molecule has 132 valence electrons. The van der Waals surface area contributed by atoms with Crippen LogP contribution in [0.2, 0.25) is 5.02 Å². The predicted molar refractivity (Wildman–Crippen MR) is 107 cm³/mol. The Bertz CT molecular complexity index is 1030. The number of aromatic nitrogens is 4. The van der Waals surface area contributed by atoms with E-state index in [-0.39, 0.29) is 6.04 Å². The van der Waals surface area contributed by atoms with Crippen molar-refractivity contribution in [1.82, 2.24) is 19.6 Å². The second-order valence-electron chi connectivity index (χ2n) is 6.55. The van der Waals surface area contributed by atoms with Crippen molar-refractivity contribution in [2.75, 3.05) is 5.32 Å². The van der Waals surface area contributed by atoms with E-state index in [2.05, 4.69) is 20.8 Å². The Morgan fingerprint density at radius 2 is 2.04 bits per heavy atom. The Balaban J connectivity index is 1.41. The molecule has 1 saturated carbocycles. The minimum atomic E-state index is 0.250. The standard InChI is InChI=1S/C18H16ClN5S2/c1-10-9-25-16(20-10)15(12-2-3-12)22-17-23-24-8-14(21-18(24)26-17)11-4-6-13(19)7-5-11/h4-9,12,15H,2-3H2,1H3,(H,22,23). The van der Waals surface area contributed by atoms with Gasteiger partial charge in [-0.2, -0.15) is 0 Å². The van der Waals surface area contributed by atoms with Crippen LogP contribution in [0, 0.1) is 12.8 Å². The van der Waals surface area contributed by atoms with Crippen LogP contribution in [0.1, 0.15) is 29.6 Å². The van der Waals surface area contributed by atoms with Crippen LogP contribution in [0.5, 0.6) is 0 Å². The molecule has 0 spiro atoms. The van der Waals surface area contributed by atoms with Gasteiger partial charge in [-0.25, -0.2) is 14.5 Å². The largest absolute Gasteiger partial charge is 0.351 e. The smallest absolute Gasteiger partial charge is 0.214 e. The van der Waals surface area contributed by atoms with Gasteiger partial charge in [-0.1, -0.05) is 35.1 Å². The summed E-state index contributed by atoms with van der Waals surface area (Å²) in [6.07, 6.45) is 4.46. The highest BCUT2D eigenvalue weighted by Crippen LogP contribution is 2.44. The molecule has 1 aliphatic rings. The monoisotopic (exact) mass is 401 g/mol. The Morgan fingerprint density at radius 3 is 2.69 bits per heavy atom. The zero-order chi connectivity index (χ0) is 17.7. The molecule has 0 saturated heterocycles. The highest BCUT2D eigenvalue weighted by atomic mass is 35.5. The zero-order valence-corrected chi connectivity index (χ0v) is 16.4. The number of hydrogen-bond acceptors (Lipinski definition) is 6. The summed E-state index contributed by atoms with van der Waals surface area (Å²) in [5, 5.41) is 13.1. The molecule has 1 fully saturated rings. The Kier molecular flexibility index (Phi) is 3.95. The number of aryl methyl sites for hydroxylation is 1. The number of thiazole rings is 1. The molecule has 8 heteroatoms. The van der Waals surface area contributed by atoms with Crippen molar-refractivity contribution in [1.29, 1.82) is 0 Å². The lowest BCUT2D eigenvalue weighted by Crippen LogP contribution is -2.12. The first-order valence-electron chi connectivity index (χ1n) is 8.46. The van der Waals surface area contributed by atoms with E-state index in [1.807, 2.05) is 41.9 Å². The fraction of sp³-hybridized carbons (Fsp3) is 0.278. The number of nitrogens with one attached hydrogen (secondary N) is 1. The molecule has 3 aromatic heterocycles. The molecular weight excluding hydrogens is 386 g/mol. The molecule has 26 heavy (non-hydrogen) atoms. The molecule has 0 amide bonds. The Morgan fingerprint density at radius 1 is 1.23 bits per heavy atom. The van der Waals surface area contributed by atoms with Crippen LogP contribution in [-0.2, 0) is 0 Å². The van der Waals surface area contributed by atoms with Crippen LogP contribution in [0.3, 0.4) is 0 Å². The van der Waals surface area contributed by atoms with E-state index < -0.39 is 0 Å². The van der Waals surface area contributed by atoms with Crippen molar-refractivity contribution in [3.05, 3.63) is 51.6 Å². The molecule has 1 aromatic carbocycles. The summed E-state index contributed by atoms with van der Waals surface area (Å²) in [7, 11) is 0. The summed E-state index contributed by atoms with van der Waals surface area (Å²) in [5.74, 6) is 0.654. The number of rotatable bonds is 5. The van der Waals surface area contributed by atoms with Crippen molar-refractivity contribution in [2.24, 2.45) is 5.92 Å². The fourth-order valence-electron chi connectivity index (χ4n) is 2.98. The number of anilines is 1. The SMILES string of the molecule is Cc1csc(C(Nc2nn3cc(-c4ccc(Cl)cc4)nc3s2)C2CC2)n1. The molecule has 1 aliphatic carbocycles. The maximum absolute atomic E-state index is 5.96. The minimum absolute atomic E-state index is 0.250. The highest BCUT2D eigenvalue weighted by molar-refractivity contribution is 7.20.